The third kappa shape index (κ3) is 4.56. The Labute approximate surface area is 153 Å². The molecule has 1 N–H and O–H groups in total. The molecule has 0 bridgehead atoms. The van der Waals surface area contributed by atoms with Gasteiger partial charge in [0.05, 0.1) is 13.2 Å². The van der Waals surface area contributed by atoms with Gasteiger partial charge in [0.15, 0.2) is 12.1 Å². The van der Waals surface area contributed by atoms with E-state index in [-0.39, 0.29) is 11.9 Å². The van der Waals surface area contributed by atoms with Gasteiger partial charge >= 0.3 is 0 Å². The molecule has 5 nitrogen and oxygen atoms in total. The van der Waals surface area contributed by atoms with Crippen molar-refractivity contribution >= 4 is 12.2 Å². The molecule has 0 radical (unpaired) electrons. The Morgan fingerprint density at radius 1 is 1.12 bits per heavy atom. The van der Waals surface area contributed by atoms with Gasteiger partial charge in [-0.25, -0.2) is 0 Å². The first-order chi connectivity index (χ1) is 12.6. The summed E-state index contributed by atoms with van der Waals surface area (Å²) in [4.78, 5) is 24.0. The molecule has 3 rings (SSSR count). The standard InChI is InChI=1S/C21H23NO4/c1-21(25-11-12-26-21)14-18(13-16-7-3-2-4-8-16)22-20(24)19-10-6-5-9-17(19)15-23/h2-10,15,18H,11-14H2,1H3,(H,22,24). The van der Waals surface area contributed by atoms with Crippen molar-refractivity contribution in [2.45, 2.75) is 31.6 Å². The second-order valence-corrected chi connectivity index (χ2v) is 6.60. The van der Waals surface area contributed by atoms with Crippen LogP contribution in [0.25, 0.3) is 0 Å². The molecular formula is C21H23NO4. The van der Waals surface area contributed by atoms with Crippen molar-refractivity contribution in [3.8, 4) is 0 Å². The molecule has 1 aliphatic rings. The van der Waals surface area contributed by atoms with E-state index in [4.69, 9.17) is 9.47 Å². The Kier molecular flexibility index (Phi) is 5.81. The maximum absolute atomic E-state index is 12.8. The van der Waals surface area contributed by atoms with E-state index in [1.807, 2.05) is 37.3 Å². The Morgan fingerprint density at radius 2 is 1.77 bits per heavy atom. The van der Waals surface area contributed by atoms with Gasteiger partial charge < -0.3 is 14.8 Å². The monoisotopic (exact) mass is 353 g/mol. The van der Waals surface area contributed by atoms with Crippen molar-refractivity contribution in [1.82, 2.24) is 5.32 Å². The number of carbonyl (C=O) groups is 2. The SMILES string of the molecule is CC1(CC(Cc2ccccc2)NC(=O)c2ccccc2C=O)OCCO1. The van der Waals surface area contributed by atoms with Gasteiger partial charge in [-0.2, -0.15) is 0 Å². The van der Waals surface area contributed by atoms with Crippen LogP contribution < -0.4 is 5.32 Å². The maximum Gasteiger partial charge on any atom is 0.252 e. The smallest absolute Gasteiger partial charge is 0.252 e. The lowest BCUT2D eigenvalue weighted by atomic mass is 9.98. The normalized spacial score (nSPS) is 16.8. The minimum atomic E-state index is -0.711. The summed E-state index contributed by atoms with van der Waals surface area (Å²) < 4.78 is 11.4. The molecule has 2 aromatic rings. The zero-order valence-corrected chi connectivity index (χ0v) is 14.8. The van der Waals surface area contributed by atoms with E-state index in [2.05, 4.69) is 5.32 Å². The molecule has 1 fully saturated rings. The molecule has 5 heteroatoms. The second-order valence-electron chi connectivity index (χ2n) is 6.60. The fourth-order valence-corrected chi connectivity index (χ4v) is 3.26. The first-order valence-electron chi connectivity index (χ1n) is 8.76. The fraction of sp³-hybridized carbons (Fsp3) is 0.333. The molecule has 1 unspecified atom stereocenters. The number of amides is 1. The number of benzene rings is 2. The third-order valence-corrected chi connectivity index (χ3v) is 4.51. The molecule has 0 spiro atoms. The van der Waals surface area contributed by atoms with Crippen LogP contribution in [0.4, 0.5) is 0 Å². The Morgan fingerprint density at radius 3 is 2.46 bits per heavy atom. The molecule has 0 saturated carbocycles. The predicted molar refractivity (Wildman–Crippen MR) is 98.2 cm³/mol. The number of rotatable bonds is 7. The number of hydrogen-bond donors (Lipinski definition) is 1. The zero-order valence-electron chi connectivity index (χ0n) is 14.8. The molecule has 26 heavy (non-hydrogen) atoms. The van der Waals surface area contributed by atoms with Gasteiger partial charge in [-0.1, -0.05) is 48.5 Å². The minimum absolute atomic E-state index is 0.187. The van der Waals surface area contributed by atoms with Crippen LogP contribution in [0, 0.1) is 0 Å². The van der Waals surface area contributed by atoms with E-state index >= 15 is 0 Å². The van der Waals surface area contributed by atoms with Crippen LogP contribution in [-0.2, 0) is 15.9 Å². The van der Waals surface area contributed by atoms with E-state index in [9.17, 15) is 9.59 Å². The molecule has 1 saturated heterocycles. The number of ether oxygens (including phenoxy) is 2. The van der Waals surface area contributed by atoms with Gasteiger partial charge in [0.1, 0.15) is 0 Å². The van der Waals surface area contributed by atoms with E-state index in [0.717, 1.165) is 5.56 Å². The average molecular weight is 353 g/mol. The number of nitrogens with one attached hydrogen (secondary N) is 1. The molecule has 0 aromatic heterocycles. The van der Waals surface area contributed by atoms with Gasteiger partial charge in [-0.3, -0.25) is 9.59 Å². The first kappa shape index (κ1) is 18.3. The van der Waals surface area contributed by atoms with Gasteiger partial charge in [0.25, 0.3) is 5.91 Å². The lowest BCUT2D eigenvalue weighted by Crippen LogP contribution is -2.43. The summed E-state index contributed by atoms with van der Waals surface area (Å²) in [6.45, 7) is 3.00. The summed E-state index contributed by atoms with van der Waals surface area (Å²) in [5.41, 5.74) is 1.87. The van der Waals surface area contributed by atoms with Gasteiger partial charge in [-0.15, -0.1) is 0 Å². The van der Waals surface area contributed by atoms with Crippen LogP contribution in [-0.4, -0.2) is 37.2 Å². The highest BCUT2D eigenvalue weighted by Gasteiger charge is 2.34. The van der Waals surface area contributed by atoms with Gasteiger partial charge in [0, 0.05) is 23.6 Å². The summed E-state index contributed by atoms with van der Waals surface area (Å²) in [5.74, 6) is -0.980. The van der Waals surface area contributed by atoms with Crippen molar-refractivity contribution in [2.75, 3.05) is 13.2 Å². The van der Waals surface area contributed by atoms with E-state index in [1.165, 1.54) is 0 Å². The zero-order chi connectivity index (χ0) is 18.4. The van der Waals surface area contributed by atoms with E-state index in [0.29, 0.717) is 43.5 Å². The highest BCUT2D eigenvalue weighted by molar-refractivity contribution is 6.01. The minimum Gasteiger partial charge on any atom is -0.349 e. The summed E-state index contributed by atoms with van der Waals surface area (Å²) in [7, 11) is 0. The third-order valence-electron chi connectivity index (χ3n) is 4.51. The summed E-state index contributed by atoms with van der Waals surface area (Å²) in [6, 6.07) is 16.5. The maximum atomic E-state index is 12.8. The molecule has 136 valence electrons. The Hall–Kier alpha value is -2.50. The van der Waals surface area contributed by atoms with Crippen molar-refractivity contribution in [3.63, 3.8) is 0 Å². The van der Waals surface area contributed by atoms with Gasteiger partial charge in [-0.05, 0) is 25.0 Å². The Bertz CT molecular complexity index is 754. The van der Waals surface area contributed by atoms with E-state index < -0.39 is 5.79 Å². The second kappa shape index (κ2) is 8.25. The van der Waals surface area contributed by atoms with Crippen LogP contribution in [0.1, 0.15) is 39.6 Å². The van der Waals surface area contributed by atoms with Crippen molar-refractivity contribution < 1.29 is 19.1 Å². The first-order valence-corrected chi connectivity index (χ1v) is 8.76. The molecule has 2 aromatic carbocycles. The molecule has 0 aliphatic carbocycles. The highest BCUT2D eigenvalue weighted by Crippen LogP contribution is 2.25. The molecule has 1 heterocycles. The molecule has 1 aliphatic heterocycles. The lowest BCUT2D eigenvalue weighted by Gasteiger charge is -2.29. The largest absolute Gasteiger partial charge is 0.349 e. The quantitative estimate of drug-likeness (QED) is 0.777. The van der Waals surface area contributed by atoms with Crippen molar-refractivity contribution in [2.24, 2.45) is 0 Å². The summed E-state index contributed by atoms with van der Waals surface area (Å²) in [5, 5.41) is 3.05. The number of aldehydes is 1. The van der Waals surface area contributed by atoms with E-state index in [1.54, 1.807) is 24.3 Å². The number of hydrogen-bond acceptors (Lipinski definition) is 4. The molecular weight excluding hydrogens is 330 g/mol. The lowest BCUT2D eigenvalue weighted by molar-refractivity contribution is -0.150. The van der Waals surface area contributed by atoms with Crippen LogP contribution in [0.3, 0.4) is 0 Å². The summed E-state index contributed by atoms with van der Waals surface area (Å²) in [6.07, 6.45) is 1.88. The Balaban J connectivity index is 1.78. The van der Waals surface area contributed by atoms with Crippen LogP contribution >= 0.6 is 0 Å². The van der Waals surface area contributed by atoms with Crippen molar-refractivity contribution in [1.29, 1.82) is 0 Å². The van der Waals surface area contributed by atoms with Crippen LogP contribution in [0.15, 0.2) is 54.6 Å². The molecule has 1 amide bonds. The van der Waals surface area contributed by atoms with Crippen molar-refractivity contribution in [3.05, 3.63) is 71.3 Å². The van der Waals surface area contributed by atoms with Crippen LogP contribution in [0.5, 0.6) is 0 Å². The summed E-state index contributed by atoms with van der Waals surface area (Å²) >= 11 is 0. The van der Waals surface area contributed by atoms with Gasteiger partial charge in [0.2, 0.25) is 0 Å². The predicted octanol–water partition coefficient (Wildman–Crippen LogP) is 2.99. The topological polar surface area (TPSA) is 64.6 Å². The number of carbonyl (C=O) groups excluding carboxylic acids is 2. The van der Waals surface area contributed by atoms with Crippen LogP contribution in [0.2, 0.25) is 0 Å². The molecule has 1 atom stereocenters. The fourth-order valence-electron chi connectivity index (χ4n) is 3.26. The average Bonchev–Trinajstić information content (AvgIpc) is 3.08. The highest BCUT2D eigenvalue weighted by atomic mass is 16.7.